The fourth-order valence-corrected chi connectivity index (χ4v) is 8.86. The second-order valence-corrected chi connectivity index (χ2v) is 13.7. The van der Waals surface area contributed by atoms with Crippen LogP contribution in [0.5, 0.6) is 0 Å². The van der Waals surface area contributed by atoms with Gasteiger partial charge in [-0.25, -0.2) is 9.48 Å². The van der Waals surface area contributed by atoms with E-state index in [0.717, 1.165) is 15.6 Å². The molecule has 0 fully saturated rings. The highest BCUT2D eigenvalue weighted by atomic mass is 28.4. The quantitative estimate of drug-likeness (QED) is 0.154. The molecular weight excluding hydrogens is 536 g/mol. The van der Waals surface area contributed by atoms with Crippen LogP contribution in [0.1, 0.15) is 46.4 Å². The second-order valence-electron chi connectivity index (χ2n) is 10.4. The maximum absolute atomic E-state index is 13.9. The zero-order valence-electron chi connectivity index (χ0n) is 24.1. The predicted octanol–water partition coefficient (Wildman–Crippen LogP) is 2.69. The zero-order chi connectivity index (χ0) is 29.5. The molecule has 2 unspecified atom stereocenters. The van der Waals surface area contributed by atoms with Crippen LogP contribution < -0.4 is 15.6 Å². The number of tetrazole rings is 1. The number of nitrogens with zero attached hydrogens (tertiary/aromatic N) is 4. The van der Waals surface area contributed by atoms with Crippen LogP contribution in [0.25, 0.3) is 0 Å². The number of benzene rings is 3. The van der Waals surface area contributed by atoms with Crippen molar-refractivity contribution in [2.24, 2.45) is 0 Å². The molecule has 0 radical (unpaired) electrons. The Balaban J connectivity index is 2.03. The van der Waals surface area contributed by atoms with Gasteiger partial charge in [0, 0.05) is 0 Å². The van der Waals surface area contributed by atoms with Crippen molar-refractivity contribution in [2.75, 3.05) is 13.2 Å². The van der Waals surface area contributed by atoms with Crippen molar-refractivity contribution in [3.63, 3.8) is 0 Å². The fraction of sp³-hybridized carbons (Fsp3) is 0.323. The molecule has 2 atom stereocenters. The number of aromatic nitrogens is 4. The van der Waals surface area contributed by atoms with Crippen molar-refractivity contribution in [1.29, 1.82) is 0 Å². The van der Waals surface area contributed by atoms with Gasteiger partial charge in [0.25, 0.3) is 8.32 Å². The van der Waals surface area contributed by atoms with Gasteiger partial charge in [-0.3, -0.25) is 4.79 Å². The molecule has 1 heterocycles. The molecule has 0 N–H and O–H groups in total. The number of rotatable bonds is 11. The minimum atomic E-state index is -3.47. The molecule has 0 aliphatic heterocycles. The zero-order valence-corrected chi connectivity index (χ0v) is 25.1. The first-order chi connectivity index (χ1) is 19.7. The molecule has 0 amide bonds. The first kappa shape index (κ1) is 29.8. The van der Waals surface area contributed by atoms with Crippen LogP contribution in [0.3, 0.4) is 0 Å². The highest BCUT2D eigenvalue weighted by molar-refractivity contribution is 7.07. The minimum Gasteiger partial charge on any atom is -0.465 e. The number of carbonyl (C=O) groups excluding carboxylic acids is 2. The highest BCUT2D eigenvalue weighted by Gasteiger charge is 2.51. The summed E-state index contributed by atoms with van der Waals surface area (Å²) in [5.41, 5.74) is -0.602. The Bertz CT molecular complexity index is 1330. The lowest BCUT2D eigenvalue weighted by molar-refractivity contribution is -0.161. The molecule has 4 rings (SSSR count). The molecule has 1 aromatic heterocycles. The van der Waals surface area contributed by atoms with Gasteiger partial charge in [0.1, 0.15) is 0 Å². The van der Waals surface area contributed by atoms with E-state index in [1.807, 2.05) is 112 Å². The molecule has 0 saturated heterocycles. The van der Waals surface area contributed by atoms with Crippen LogP contribution in [-0.4, -0.2) is 59.8 Å². The van der Waals surface area contributed by atoms with E-state index in [2.05, 4.69) is 15.5 Å². The summed E-state index contributed by atoms with van der Waals surface area (Å²) in [7, 11) is -3.47. The van der Waals surface area contributed by atoms with Crippen LogP contribution in [0.4, 0.5) is 0 Å². The van der Waals surface area contributed by atoms with Crippen molar-refractivity contribution >= 4 is 35.8 Å². The molecule has 0 aliphatic carbocycles. The molecule has 214 valence electrons. The largest absolute Gasteiger partial charge is 0.465 e. The summed E-state index contributed by atoms with van der Waals surface area (Å²) in [5, 5.41) is 14.9. The van der Waals surface area contributed by atoms with Gasteiger partial charge < -0.3 is 13.9 Å². The molecule has 41 heavy (non-hydrogen) atoms. The van der Waals surface area contributed by atoms with Crippen molar-refractivity contribution in [1.82, 2.24) is 20.2 Å². The van der Waals surface area contributed by atoms with Gasteiger partial charge in [0.15, 0.2) is 17.8 Å². The average Bonchev–Trinajstić information content (AvgIpc) is 3.47. The molecule has 0 aliphatic rings. The lowest BCUT2D eigenvalue weighted by atomic mass is 9.99. The van der Waals surface area contributed by atoms with Crippen LogP contribution in [0, 0.1) is 0 Å². The molecule has 0 spiro atoms. The van der Waals surface area contributed by atoms with Crippen molar-refractivity contribution in [2.45, 2.75) is 52.2 Å². The summed E-state index contributed by atoms with van der Waals surface area (Å²) in [6.45, 7) is 9.34. The Morgan fingerprint density at radius 2 is 1.20 bits per heavy atom. The molecule has 3 aromatic carbocycles. The average molecular weight is 573 g/mol. The number of hydrogen-bond donors (Lipinski definition) is 0. The minimum absolute atomic E-state index is 0.0923. The number of hydrogen-bond acceptors (Lipinski definition) is 8. The lowest BCUT2D eigenvalue weighted by Gasteiger charge is -2.37. The van der Waals surface area contributed by atoms with Gasteiger partial charge in [-0.2, -0.15) is 0 Å². The van der Waals surface area contributed by atoms with Crippen molar-refractivity contribution in [3.05, 3.63) is 96.8 Å². The molecule has 0 bridgehead atoms. The van der Waals surface area contributed by atoms with Gasteiger partial charge >= 0.3 is 11.9 Å². The first-order valence-electron chi connectivity index (χ1n) is 13.7. The standard InChI is InChI=1S/C31H36N4O5Si/c1-6-38-29(36)26(28-32-33-34-35(28)31(3,4)5)27(30(37)39-7-2)40-41(23-17-11-8-12-18-23,24-19-13-9-14-20-24)25-21-15-10-16-22-25/h8-22,26-27H,6-7H2,1-5H3. The lowest BCUT2D eigenvalue weighted by Crippen LogP contribution is -2.71. The fourth-order valence-electron chi connectivity index (χ4n) is 4.85. The summed E-state index contributed by atoms with van der Waals surface area (Å²) in [6, 6.07) is 29.4. The van der Waals surface area contributed by atoms with E-state index in [1.165, 1.54) is 4.68 Å². The van der Waals surface area contributed by atoms with Crippen molar-refractivity contribution in [3.8, 4) is 0 Å². The Labute approximate surface area is 241 Å². The second kappa shape index (κ2) is 13.0. The molecular formula is C31H36N4O5Si. The molecule has 10 heteroatoms. The SMILES string of the molecule is CCOC(=O)C(O[Si](c1ccccc1)(c1ccccc1)c1ccccc1)C(C(=O)OCC)c1nnnn1C(C)(C)C. The van der Waals surface area contributed by atoms with Crippen LogP contribution in [0.15, 0.2) is 91.0 Å². The van der Waals surface area contributed by atoms with E-state index in [9.17, 15) is 9.59 Å². The van der Waals surface area contributed by atoms with Crippen LogP contribution in [-0.2, 0) is 29.0 Å². The van der Waals surface area contributed by atoms with Crippen LogP contribution in [0.2, 0.25) is 0 Å². The van der Waals surface area contributed by atoms with Gasteiger partial charge in [0.05, 0.1) is 18.8 Å². The van der Waals surface area contributed by atoms with Crippen molar-refractivity contribution < 1.29 is 23.5 Å². The Hall–Kier alpha value is -4.15. The van der Waals surface area contributed by atoms with Crippen LogP contribution >= 0.6 is 0 Å². The third kappa shape index (κ3) is 6.28. The summed E-state index contributed by atoms with van der Waals surface area (Å²) in [6.07, 6.45) is -1.42. The maximum atomic E-state index is 13.9. The van der Waals surface area contributed by atoms with E-state index in [0.29, 0.717) is 0 Å². The summed E-state index contributed by atoms with van der Waals surface area (Å²) < 4.78 is 19.8. The topological polar surface area (TPSA) is 105 Å². The number of carbonyl (C=O) groups is 2. The van der Waals surface area contributed by atoms with Gasteiger partial charge in [-0.15, -0.1) is 5.10 Å². The van der Waals surface area contributed by atoms with Gasteiger partial charge in [-0.1, -0.05) is 91.0 Å². The number of ether oxygens (including phenoxy) is 2. The van der Waals surface area contributed by atoms with E-state index < -0.39 is 37.8 Å². The number of esters is 2. The smallest absolute Gasteiger partial charge is 0.335 e. The van der Waals surface area contributed by atoms with E-state index in [4.69, 9.17) is 13.9 Å². The Morgan fingerprint density at radius 1 is 0.756 bits per heavy atom. The highest BCUT2D eigenvalue weighted by Crippen LogP contribution is 2.29. The predicted molar refractivity (Wildman–Crippen MR) is 158 cm³/mol. The van der Waals surface area contributed by atoms with E-state index in [1.54, 1.807) is 13.8 Å². The maximum Gasteiger partial charge on any atom is 0.335 e. The monoisotopic (exact) mass is 572 g/mol. The first-order valence-corrected chi connectivity index (χ1v) is 15.6. The normalized spacial score (nSPS) is 13.3. The summed E-state index contributed by atoms with van der Waals surface area (Å²) in [5.74, 6) is -2.52. The summed E-state index contributed by atoms with van der Waals surface area (Å²) in [4.78, 5) is 27.7. The molecule has 4 aromatic rings. The molecule has 0 saturated carbocycles. The third-order valence-electron chi connectivity index (χ3n) is 6.61. The Kier molecular flexibility index (Phi) is 9.46. The van der Waals surface area contributed by atoms with E-state index in [-0.39, 0.29) is 19.0 Å². The van der Waals surface area contributed by atoms with Gasteiger partial charge in [0.2, 0.25) is 0 Å². The summed E-state index contributed by atoms with van der Waals surface area (Å²) >= 11 is 0. The third-order valence-corrected chi connectivity index (χ3v) is 10.7. The molecule has 9 nitrogen and oxygen atoms in total. The van der Waals surface area contributed by atoms with Gasteiger partial charge in [-0.05, 0) is 60.6 Å². The van der Waals surface area contributed by atoms with E-state index >= 15 is 0 Å². The Morgan fingerprint density at radius 3 is 1.61 bits per heavy atom.